The fraction of sp³-hybridized carbons (Fsp3) is 0.522. The van der Waals surface area contributed by atoms with Gasteiger partial charge < -0.3 is 9.80 Å². The lowest BCUT2D eigenvalue weighted by molar-refractivity contribution is -0.141. The third-order valence-electron chi connectivity index (χ3n) is 7.16. The van der Waals surface area contributed by atoms with Crippen molar-refractivity contribution in [2.45, 2.75) is 19.3 Å². The van der Waals surface area contributed by atoms with E-state index in [1.165, 1.54) is 17.0 Å². The number of likely N-dealkylation sites (tertiary alicyclic amines) is 1. The van der Waals surface area contributed by atoms with Crippen LogP contribution in [0.1, 0.15) is 19.3 Å². The number of allylic oxidation sites excluding steroid dienone is 2. The maximum atomic E-state index is 13.1. The van der Waals surface area contributed by atoms with Gasteiger partial charge in [-0.05, 0) is 48.9 Å². The summed E-state index contributed by atoms with van der Waals surface area (Å²) in [5.41, 5.74) is 0.962. The van der Waals surface area contributed by atoms with Gasteiger partial charge in [-0.25, -0.2) is 4.39 Å². The summed E-state index contributed by atoms with van der Waals surface area (Å²) in [6, 6.07) is 6.41. The van der Waals surface area contributed by atoms with Crippen LogP contribution >= 0.6 is 0 Å². The number of hydrogen-bond donors (Lipinski definition) is 0. The van der Waals surface area contributed by atoms with E-state index in [0.29, 0.717) is 45.6 Å². The molecule has 6 nitrogen and oxygen atoms in total. The van der Waals surface area contributed by atoms with Crippen LogP contribution in [0, 0.1) is 29.5 Å². The van der Waals surface area contributed by atoms with Gasteiger partial charge in [0.05, 0.1) is 11.8 Å². The first-order valence-corrected chi connectivity index (χ1v) is 10.8. The van der Waals surface area contributed by atoms with Crippen LogP contribution in [0.5, 0.6) is 0 Å². The van der Waals surface area contributed by atoms with Crippen LogP contribution in [0.15, 0.2) is 36.4 Å². The van der Waals surface area contributed by atoms with Crippen molar-refractivity contribution in [3.8, 4) is 0 Å². The number of piperazine rings is 1. The molecule has 2 heterocycles. The smallest absolute Gasteiger partial charge is 0.233 e. The van der Waals surface area contributed by atoms with Gasteiger partial charge in [-0.1, -0.05) is 12.2 Å². The number of hydrogen-bond acceptors (Lipinski definition) is 4. The number of rotatable bonds is 5. The number of halogens is 1. The number of anilines is 1. The molecule has 2 aliphatic carbocycles. The summed E-state index contributed by atoms with van der Waals surface area (Å²) in [5.74, 6) is -0.152. The number of carbonyl (C=O) groups is 3. The van der Waals surface area contributed by atoms with Gasteiger partial charge in [-0.2, -0.15) is 0 Å². The zero-order valence-electron chi connectivity index (χ0n) is 16.9. The molecule has 4 atom stereocenters. The summed E-state index contributed by atoms with van der Waals surface area (Å²) in [6.45, 7) is 3.00. The minimum Gasteiger partial charge on any atom is -0.368 e. The zero-order valence-corrected chi connectivity index (χ0v) is 16.9. The lowest BCUT2D eigenvalue weighted by Crippen LogP contribution is -2.48. The normalized spacial score (nSPS) is 29.8. The Bertz CT molecular complexity index is 861. The minimum absolute atomic E-state index is 0.0396. The van der Waals surface area contributed by atoms with Gasteiger partial charge >= 0.3 is 0 Å². The van der Waals surface area contributed by atoms with Crippen molar-refractivity contribution in [3.63, 3.8) is 0 Å². The number of carbonyl (C=O) groups excluding carboxylic acids is 3. The van der Waals surface area contributed by atoms with Crippen molar-refractivity contribution in [1.29, 1.82) is 0 Å². The first-order valence-electron chi connectivity index (χ1n) is 10.8. The molecule has 5 rings (SSSR count). The van der Waals surface area contributed by atoms with E-state index in [9.17, 15) is 18.8 Å². The predicted octanol–water partition coefficient (Wildman–Crippen LogP) is 2.06. The first kappa shape index (κ1) is 19.3. The summed E-state index contributed by atoms with van der Waals surface area (Å²) in [5, 5.41) is 0. The monoisotopic (exact) mass is 411 g/mol. The van der Waals surface area contributed by atoms with Gasteiger partial charge in [0.15, 0.2) is 0 Å². The van der Waals surface area contributed by atoms with E-state index in [2.05, 4.69) is 17.1 Å². The highest BCUT2D eigenvalue weighted by Gasteiger charge is 2.58. The Morgan fingerprint density at radius 1 is 0.933 bits per heavy atom. The molecular formula is C23H26FN3O3. The van der Waals surface area contributed by atoms with Crippen LogP contribution in [0.4, 0.5) is 10.1 Å². The molecule has 3 amide bonds. The molecule has 1 aromatic rings. The molecule has 1 aromatic carbocycles. The quantitative estimate of drug-likeness (QED) is 0.550. The molecule has 0 aromatic heterocycles. The lowest BCUT2D eigenvalue weighted by atomic mass is 9.85. The van der Waals surface area contributed by atoms with E-state index < -0.39 is 0 Å². The van der Waals surface area contributed by atoms with Crippen molar-refractivity contribution in [2.75, 3.05) is 37.6 Å². The van der Waals surface area contributed by atoms with Crippen molar-refractivity contribution in [1.82, 2.24) is 9.80 Å². The van der Waals surface area contributed by atoms with Crippen LogP contribution < -0.4 is 4.90 Å². The van der Waals surface area contributed by atoms with Crippen molar-refractivity contribution >= 4 is 23.4 Å². The Hall–Kier alpha value is -2.70. The summed E-state index contributed by atoms with van der Waals surface area (Å²) in [6.07, 6.45) is 5.97. The molecule has 2 saturated heterocycles. The summed E-state index contributed by atoms with van der Waals surface area (Å²) >= 11 is 0. The third-order valence-corrected chi connectivity index (χ3v) is 7.16. The van der Waals surface area contributed by atoms with Gasteiger partial charge in [0.1, 0.15) is 5.82 Å². The van der Waals surface area contributed by atoms with Crippen LogP contribution in [0.2, 0.25) is 0 Å². The number of benzene rings is 1. The topological polar surface area (TPSA) is 60.9 Å². The second kappa shape index (κ2) is 7.52. The molecule has 1 saturated carbocycles. The fourth-order valence-corrected chi connectivity index (χ4v) is 5.60. The van der Waals surface area contributed by atoms with E-state index in [1.807, 2.05) is 4.90 Å². The number of imide groups is 1. The van der Waals surface area contributed by atoms with Crippen LogP contribution in [0.25, 0.3) is 0 Å². The van der Waals surface area contributed by atoms with Gasteiger partial charge in [0.2, 0.25) is 17.7 Å². The van der Waals surface area contributed by atoms with Gasteiger partial charge in [-0.3, -0.25) is 19.3 Å². The standard InChI is InChI=1S/C23H26FN3O3/c24-17-5-7-18(8-6-17)25-10-12-26(13-11-25)19(28)2-1-9-27-22(29)20-15-3-4-16(14-15)21(20)23(27)30/h3-8,15-16,20-21H,1-2,9-14H2. The Kier molecular flexibility index (Phi) is 4.83. The molecule has 158 valence electrons. The molecular weight excluding hydrogens is 385 g/mol. The molecule has 30 heavy (non-hydrogen) atoms. The summed E-state index contributed by atoms with van der Waals surface area (Å²) in [4.78, 5) is 43.4. The zero-order chi connectivity index (χ0) is 20.8. The summed E-state index contributed by atoms with van der Waals surface area (Å²) < 4.78 is 13.1. The van der Waals surface area contributed by atoms with Gasteiger partial charge in [0.25, 0.3) is 0 Å². The maximum Gasteiger partial charge on any atom is 0.233 e. The molecule has 0 radical (unpaired) electrons. The Morgan fingerprint density at radius 3 is 2.13 bits per heavy atom. The molecule has 0 spiro atoms. The molecule has 2 aliphatic heterocycles. The second-order valence-corrected chi connectivity index (χ2v) is 8.78. The SMILES string of the molecule is O=C(CCCN1C(=O)C2C3C=CC(C3)C2C1=O)N1CCN(c2ccc(F)cc2)CC1. The van der Waals surface area contributed by atoms with Crippen molar-refractivity contribution in [2.24, 2.45) is 23.7 Å². The molecule has 4 unspecified atom stereocenters. The highest BCUT2D eigenvalue weighted by Crippen LogP contribution is 2.52. The molecule has 4 aliphatic rings. The number of nitrogens with zero attached hydrogens (tertiary/aromatic N) is 3. The Morgan fingerprint density at radius 2 is 1.53 bits per heavy atom. The first-order chi connectivity index (χ1) is 14.5. The van der Waals surface area contributed by atoms with Crippen LogP contribution in [0.3, 0.4) is 0 Å². The largest absolute Gasteiger partial charge is 0.368 e. The van der Waals surface area contributed by atoms with Crippen LogP contribution in [-0.2, 0) is 14.4 Å². The van der Waals surface area contributed by atoms with E-state index >= 15 is 0 Å². The average molecular weight is 411 g/mol. The van der Waals surface area contributed by atoms with Crippen molar-refractivity contribution < 1.29 is 18.8 Å². The van der Waals surface area contributed by atoms with E-state index in [4.69, 9.17) is 0 Å². The summed E-state index contributed by atoms with van der Waals surface area (Å²) in [7, 11) is 0. The molecule has 7 heteroatoms. The molecule has 0 N–H and O–H groups in total. The van der Waals surface area contributed by atoms with Gasteiger partial charge in [0, 0.05) is 44.8 Å². The lowest BCUT2D eigenvalue weighted by Gasteiger charge is -2.36. The Labute approximate surface area is 175 Å². The van der Waals surface area contributed by atoms with E-state index in [1.54, 1.807) is 12.1 Å². The highest BCUT2D eigenvalue weighted by molar-refractivity contribution is 6.06. The maximum absolute atomic E-state index is 13.1. The average Bonchev–Trinajstić information content (AvgIpc) is 3.44. The highest BCUT2D eigenvalue weighted by atomic mass is 19.1. The molecule has 2 bridgehead atoms. The third kappa shape index (κ3) is 3.20. The van der Waals surface area contributed by atoms with E-state index in [-0.39, 0.29) is 47.2 Å². The van der Waals surface area contributed by atoms with Crippen LogP contribution in [-0.4, -0.2) is 60.2 Å². The molecule has 3 fully saturated rings. The van der Waals surface area contributed by atoms with Gasteiger partial charge in [-0.15, -0.1) is 0 Å². The van der Waals surface area contributed by atoms with Crippen molar-refractivity contribution in [3.05, 3.63) is 42.2 Å². The Balaban J connectivity index is 1.09. The fourth-order valence-electron chi connectivity index (χ4n) is 5.60. The second-order valence-electron chi connectivity index (χ2n) is 8.78. The number of amides is 3. The predicted molar refractivity (Wildman–Crippen MR) is 109 cm³/mol. The number of fused-ring (bicyclic) bond motifs is 5. The van der Waals surface area contributed by atoms with E-state index in [0.717, 1.165) is 12.1 Å². The minimum atomic E-state index is -0.255.